The Morgan fingerprint density at radius 2 is 1.81 bits per heavy atom. The molecule has 0 saturated carbocycles. The fourth-order valence-corrected chi connectivity index (χ4v) is 2.65. The van der Waals surface area contributed by atoms with Crippen LogP contribution in [0.4, 0.5) is 0 Å². The van der Waals surface area contributed by atoms with Crippen molar-refractivity contribution in [2.24, 2.45) is 0 Å². The molecule has 0 unspecified atom stereocenters. The van der Waals surface area contributed by atoms with Crippen molar-refractivity contribution in [2.75, 3.05) is 0 Å². The Labute approximate surface area is 130 Å². The number of H-pyrrole nitrogens is 2. The molecule has 0 aliphatic heterocycles. The molecule has 21 heavy (non-hydrogen) atoms. The van der Waals surface area contributed by atoms with Crippen molar-refractivity contribution in [3.63, 3.8) is 0 Å². The van der Waals surface area contributed by atoms with Gasteiger partial charge in [0.15, 0.2) is 0 Å². The van der Waals surface area contributed by atoms with E-state index in [9.17, 15) is 9.59 Å². The lowest BCUT2D eigenvalue weighted by molar-refractivity contribution is -0.137. The minimum absolute atomic E-state index is 0.0551. The van der Waals surface area contributed by atoms with Crippen LogP contribution in [0.3, 0.4) is 0 Å². The second kappa shape index (κ2) is 6.83. The fourth-order valence-electron chi connectivity index (χ4n) is 2.11. The zero-order valence-electron chi connectivity index (χ0n) is 11.1. The van der Waals surface area contributed by atoms with Gasteiger partial charge in [0.1, 0.15) is 0 Å². The van der Waals surface area contributed by atoms with Gasteiger partial charge in [0.2, 0.25) is 0 Å². The van der Waals surface area contributed by atoms with Gasteiger partial charge in [-0.15, -0.1) is 0 Å². The molecule has 5 nitrogen and oxygen atoms in total. The molecule has 0 atom stereocenters. The van der Waals surface area contributed by atoms with E-state index in [-0.39, 0.29) is 12.0 Å². The summed E-state index contributed by atoms with van der Waals surface area (Å²) in [6.07, 6.45) is 1.29. The molecule has 0 saturated heterocycles. The Morgan fingerprint density at radius 1 is 1.14 bits per heavy atom. The van der Waals surface area contributed by atoms with Crippen molar-refractivity contribution in [3.8, 4) is 0 Å². The number of aryl methyl sites for hydroxylation is 1. The van der Waals surface area contributed by atoms with Gasteiger partial charge in [0.05, 0.1) is 0 Å². The van der Waals surface area contributed by atoms with Crippen molar-refractivity contribution in [1.82, 2.24) is 10.2 Å². The number of halogens is 2. The van der Waals surface area contributed by atoms with Gasteiger partial charge in [-0.2, -0.15) is 0 Å². The molecular formula is C14H14Cl2N2O3. The van der Waals surface area contributed by atoms with Crippen LogP contribution in [-0.2, 0) is 17.6 Å². The van der Waals surface area contributed by atoms with E-state index >= 15 is 0 Å². The first kappa shape index (κ1) is 15.7. The SMILES string of the molecule is O=C(O)CCCc1[nH][nH]c(=O)c1Cc1c(Cl)cccc1Cl. The van der Waals surface area contributed by atoms with Crippen LogP contribution in [0.5, 0.6) is 0 Å². The number of aliphatic carboxylic acids is 1. The first-order valence-corrected chi connectivity index (χ1v) is 7.17. The number of carbonyl (C=O) groups is 1. The topological polar surface area (TPSA) is 85.9 Å². The highest BCUT2D eigenvalue weighted by Gasteiger charge is 2.14. The van der Waals surface area contributed by atoms with Crippen molar-refractivity contribution in [2.45, 2.75) is 25.7 Å². The maximum atomic E-state index is 11.9. The Morgan fingerprint density at radius 3 is 2.43 bits per heavy atom. The molecule has 0 spiro atoms. The highest BCUT2D eigenvalue weighted by atomic mass is 35.5. The van der Waals surface area contributed by atoms with E-state index in [1.807, 2.05) is 0 Å². The van der Waals surface area contributed by atoms with Crippen LogP contribution in [-0.4, -0.2) is 21.3 Å². The average Bonchev–Trinajstić information content (AvgIpc) is 2.75. The van der Waals surface area contributed by atoms with E-state index in [4.69, 9.17) is 28.3 Å². The molecule has 0 fully saturated rings. The lowest BCUT2D eigenvalue weighted by atomic mass is 10.0. The van der Waals surface area contributed by atoms with Crippen molar-refractivity contribution in [3.05, 3.63) is 55.4 Å². The Hall–Kier alpha value is -1.72. The molecule has 0 bridgehead atoms. The predicted molar refractivity (Wildman–Crippen MR) is 81.3 cm³/mol. The number of aromatic amines is 2. The maximum absolute atomic E-state index is 11.9. The summed E-state index contributed by atoms with van der Waals surface area (Å²) in [6.45, 7) is 0. The van der Waals surface area contributed by atoms with Crippen LogP contribution in [0.25, 0.3) is 0 Å². The molecule has 0 radical (unpaired) electrons. The van der Waals surface area contributed by atoms with Crippen molar-refractivity contribution >= 4 is 29.2 Å². The van der Waals surface area contributed by atoms with E-state index in [0.717, 1.165) is 0 Å². The quantitative estimate of drug-likeness (QED) is 0.761. The lowest BCUT2D eigenvalue weighted by Gasteiger charge is -2.06. The number of hydrogen-bond donors (Lipinski definition) is 3. The van der Waals surface area contributed by atoms with Gasteiger partial charge in [-0.1, -0.05) is 29.3 Å². The molecule has 0 aliphatic carbocycles. The number of carboxylic acid groups (broad SMARTS) is 1. The molecule has 2 rings (SSSR count). The van der Waals surface area contributed by atoms with E-state index in [1.54, 1.807) is 18.2 Å². The minimum atomic E-state index is -0.858. The number of rotatable bonds is 6. The monoisotopic (exact) mass is 328 g/mol. The number of aromatic nitrogens is 2. The van der Waals surface area contributed by atoms with Crippen LogP contribution in [0.15, 0.2) is 23.0 Å². The number of carboxylic acids is 1. The molecular weight excluding hydrogens is 315 g/mol. The summed E-state index contributed by atoms with van der Waals surface area (Å²) in [5, 5.41) is 15.0. The Bertz CT molecular complexity index is 686. The van der Waals surface area contributed by atoms with E-state index < -0.39 is 5.97 Å². The third-order valence-corrected chi connectivity index (χ3v) is 3.91. The summed E-state index contributed by atoms with van der Waals surface area (Å²) in [4.78, 5) is 22.4. The summed E-state index contributed by atoms with van der Waals surface area (Å²) in [7, 11) is 0. The molecule has 7 heteroatoms. The highest BCUT2D eigenvalue weighted by molar-refractivity contribution is 6.36. The maximum Gasteiger partial charge on any atom is 0.303 e. The third kappa shape index (κ3) is 3.89. The number of benzene rings is 1. The summed E-state index contributed by atoms with van der Waals surface area (Å²) >= 11 is 12.2. The van der Waals surface area contributed by atoms with Gasteiger partial charge >= 0.3 is 5.97 Å². The zero-order chi connectivity index (χ0) is 15.4. The molecule has 1 aromatic heterocycles. The number of nitrogens with one attached hydrogen (secondary N) is 2. The first-order valence-electron chi connectivity index (χ1n) is 6.42. The van der Waals surface area contributed by atoms with Crippen LogP contribution >= 0.6 is 23.2 Å². The molecule has 3 N–H and O–H groups in total. The summed E-state index contributed by atoms with van der Waals surface area (Å²) in [6, 6.07) is 5.17. The molecule has 112 valence electrons. The number of hydrogen-bond acceptors (Lipinski definition) is 2. The average molecular weight is 329 g/mol. The van der Waals surface area contributed by atoms with Gasteiger partial charge in [0, 0.05) is 34.1 Å². The molecule has 1 aromatic carbocycles. The van der Waals surface area contributed by atoms with Crippen LogP contribution in [0, 0.1) is 0 Å². The predicted octanol–water partition coefficient (Wildman–Crippen LogP) is 3.01. The van der Waals surface area contributed by atoms with Gasteiger partial charge in [0.25, 0.3) is 5.56 Å². The van der Waals surface area contributed by atoms with E-state index in [1.165, 1.54) is 0 Å². The van der Waals surface area contributed by atoms with Crippen molar-refractivity contribution < 1.29 is 9.90 Å². The van der Waals surface area contributed by atoms with Gasteiger partial charge in [-0.05, 0) is 30.5 Å². The molecule has 1 heterocycles. The lowest BCUT2D eigenvalue weighted by Crippen LogP contribution is -2.08. The summed E-state index contributed by atoms with van der Waals surface area (Å²) in [5.41, 5.74) is 1.68. The summed E-state index contributed by atoms with van der Waals surface area (Å²) in [5.74, 6) is -0.858. The van der Waals surface area contributed by atoms with E-state index in [2.05, 4.69) is 10.2 Å². The van der Waals surface area contributed by atoms with E-state index in [0.29, 0.717) is 46.1 Å². The van der Waals surface area contributed by atoms with Crippen LogP contribution < -0.4 is 5.56 Å². The largest absolute Gasteiger partial charge is 0.481 e. The van der Waals surface area contributed by atoms with Gasteiger partial charge < -0.3 is 10.2 Å². The summed E-state index contributed by atoms with van der Waals surface area (Å²) < 4.78 is 0. The highest BCUT2D eigenvalue weighted by Crippen LogP contribution is 2.26. The molecule has 0 aliphatic rings. The zero-order valence-corrected chi connectivity index (χ0v) is 12.6. The van der Waals surface area contributed by atoms with Crippen LogP contribution in [0.1, 0.15) is 29.7 Å². The minimum Gasteiger partial charge on any atom is -0.481 e. The van der Waals surface area contributed by atoms with Crippen molar-refractivity contribution in [1.29, 1.82) is 0 Å². The van der Waals surface area contributed by atoms with Crippen LogP contribution in [0.2, 0.25) is 10.0 Å². The smallest absolute Gasteiger partial charge is 0.303 e. The standard InChI is InChI=1S/C14H14Cl2N2O3/c15-10-3-1-4-11(16)8(10)7-9-12(17-18-14(9)21)5-2-6-13(19)20/h1,3-4H,2,5-7H2,(H,19,20)(H2,17,18,21). The second-order valence-electron chi connectivity index (χ2n) is 4.66. The Balaban J connectivity index is 2.22. The van der Waals surface area contributed by atoms with Gasteiger partial charge in [-0.25, -0.2) is 0 Å². The molecule has 0 amide bonds. The first-order chi connectivity index (χ1) is 9.99. The molecule has 2 aromatic rings. The Kier molecular flexibility index (Phi) is 5.09. The second-order valence-corrected chi connectivity index (χ2v) is 5.47. The third-order valence-electron chi connectivity index (χ3n) is 3.20. The van der Waals surface area contributed by atoms with Gasteiger partial charge in [-0.3, -0.25) is 14.7 Å². The normalized spacial score (nSPS) is 10.8. The fraction of sp³-hybridized carbons (Fsp3) is 0.286.